The van der Waals surface area contributed by atoms with Gasteiger partial charge in [0.05, 0.1) is 11.9 Å². The molecule has 1 aliphatic rings. The van der Waals surface area contributed by atoms with Crippen LogP contribution in [0.15, 0.2) is 16.5 Å². The Balaban J connectivity index is 1.93. The number of carbonyl (C=O) groups is 1. The number of amides is 1. The van der Waals surface area contributed by atoms with Gasteiger partial charge in [-0.3, -0.25) is 4.79 Å². The van der Waals surface area contributed by atoms with E-state index in [1.807, 2.05) is 17.2 Å². The molecular weight excluding hydrogens is 274 g/mol. The van der Waals surface area contributed by atoms with Crippen molar-refractivity contribution in [2.45, 2.75) is 38.0 Å². The van der Waals surface area contributed by atoms with Crippen molar-refractivity contribution in [1.29, 1.82) is 0 Å². The molecule has 1 aromatic heterocycles. The minimum Gasteiger partial charge on any atom is -0.455 e. The van der Waals surface area contributed by atoms with Crippen LogP contribution in [0.3, 0.4) is 0 Å². The summed E-state index contributed by atoms with van der Waals surface area (Å²) in [5, 5.41) is 0. The number of piperidine rings is 1. The first-order chi connectivity index (χ1) is 9.74. The Bertz CT molecular complexity index is 433. The summed E-state index contributed by atoms with van der Waals surface area (Å²) < 4.78 is 11.4. The highest BCUT2D eigenvalue weighted by Crippen LogP contribution is 2.19. The number of carbonyl (C=O) groups excluding carboxylic acids is 1. The molecule has 5 heteroatoms. The number of likely N-dealkylation sites (tertiary alicyclic amines) is 1. The molecule has 1 saturated heterocycles. The van der Waals surface area contributed by atoms with Crippen LogP contribution in [0.5, 0.6) is 0 Å². The third-order valence-corrected chi connectivity index (χ3v) is 3.96. The van der Waals surface area contributed by atoms with E-state index in [1.54, 1.807) is 17.8 Å². The minimum absolute atomic E-state index is 0.0119. The smallest absolute Gasteiger partial charge is 0.289 e. The van der Waals surface area contributed by atoms with Crippen LogP contribution in [0.2, 0.25) is 0 Å². The highest BCUT2D eigenvalue weighted by molar-refractivity contribution is 7.97. The summed E-state index contributed by atoms with van der Waals surface area (Å²) in [5.74, 6) is 2.10. The maximum atomic E-state index is 12.4. The molecule has 1 aliphatic heterocycles. The molecule has 112 valence electrons. The Kier molecular flexibility index (Phi) is 5.98. The summed E-state index contributed by atoms with van der Waals surface area (Å²) in [5.41, 5.74) is 0. The Morgan fingerprint density at radius 2 is 2.40 bits per heavy atom. The molecular formula is C15H23NO3S. The van der Waals surface area contributed by atoms with Crippen LogP contribution in [0.25, 0.3) is 0 Å². The molecule has 2 rings (SSSR count). The number of hydrogen-bond donors (Lipinski definition) is 0. The number of hydrogen-bond acceptors (Lipinski definition) is 4. The highest BCUT2D eigenvalue weighted by atomic mass is 32.2. The molecule has 0 saturated carbocycles. The average Bonchev–Trinajstić information content (AvgIpc) is 2.93. The minimum atomic E-state index is -0.0119. The Morgan fingerprint density at radius 1 is 1.55 bits per heavy atom. The van der Waals surface area contributed by atoms with Crippen molar-refractivity contribution in [2.75, 3.05) is 26.0 Å². The molecule has 0 spiro atoms. The van der Waals surface area contributed by atoms with Gasteiger partial charge in [0.25, 0.3) is 5.91 Å². The van der Waals surface area contributed by atoms with E-state index >= 15 is 0 Å². The molecule has 1 fully saturated rings. The van der Waals surface area contributed by atoms with E-state index in [9.17, 15) is 4.79 Å². The van der Waals surface area contributed by atoms with Crippen LogP contribution >= 0.6 is 11.8 Å². The second kappa shape index (κ2) is 7.74. The Hall–Kier alpha value is -0.940. The molecule has 0 aromatic carbocycles. The van der Waals surface area contributed by atoms with Gasteiger partial charge < -0.3 is 14.1 Å². The van der Waals surface area contributed by atoms with Crippen LogP contribution < -0.4 is 0 Å². The zero-order valence-electron chi connectivity index (χ0n) is 12.3. The normalized spacial score (nSPS) is 19.3. The van der Waals surface area contributed by atoms with Gasteiger partial charge in [-0.05, 0) is 37.7 Å². The molecule has 0 bridgehead atoms. The van der Waals surface area contributed by atoms with Gasteiger partial charge in [0.1, 0.15) is 5.76 Å². The molecule has 1 aromatic rings. The zero-order chi connectivity index (χ0) is 14.4. The third-order valence-electron chi connectivity index (χ3n) is 3.38. The molecule has 1 atom stereocenters. The zero-order valence-corrected chi connectivity index (χ0v) is 13.1. The molecule has 4 nitrogen and oxygen atoms in total. The maximum absolute atomic E-state index is 12.4. The fraction of sp³-hybridized carbons (Fsp3) is 0.667. The standard InChI is InChI=1S/C15H23NO3S/c1-3-9-18-12-5-4-8-16(10-12)15(17)14-7-6-13(19-14)11-20-2/h6-7,12H,3-5,8-11H2,1-2H3. The fourth-order valence-electron chi connectivity index (χ4n) is 2.41. The first-order valence-electron chi connectivity index (χ1n) is 7.23. The van der Waals surface area contributed by atoms with E-state index in [-0.39, 0.29) is 12.0 Å². The number of thioether (sulfide) groups is 1. The van der Waals surface area contributed by atoms with Crippen LogP contribution in [0, 0.1) is 0 Å². The second-order valence-electron chi connectivity index (χ2n) is 5.09. The van der Waals surface area contributed by atoms with Gasteiger partial charge in [0, 0.05) is 19.7 Å². The lowest BCUT2D eigenvalue weighted by Gasteiger charge is -2.32. The second-order valence-corrected chi connectivity index (χ2v) is 5.95. The summed E-state index contributed by atoms with van der Waals surface area (Å²) in [4.78, 5) is 14.3. The summed E-state index contributed by atoms with van der Waals surface area (Å²) >= 11 is 1.69. The molecule has 1 amide bonds. The van der Waals surface area contributed by atoms with Crippen LogP contribution in [0.1, 0.15) is 42.5 Å². The number of nitrogens with zero attached hydrogens (tertiary/aromatic N) is 1. The first kappa shape index (κ1) is 15.4. The van der Waals surface area contributed by atoms with Gasteiger partial charge in [0.15, 0.2) is 5.76 Å². The predicted octanol–water partition coefficient (Wildman–Crippen LogP) is 3.17. The Morgan fingerprint density at radius 3 is 3.15 bits per heavy atom. The number of ether oxygens (including phenoxy) is 1. The van der Waals surface area contributed by atoms with Crippen molar-refractivity contribution < 1.29 is 13.9 Å². The molecule has 20 heavy (non-hydrogen) atoms. The van der Waals surface area contributed by atoms with Crippen molar-refractivity contribution in [1.82, 2.24) is 4.90 Å². The Labute approximate surface area is 124 Å². The number of furan rings is 1. The van der Waals surface area contributed by atoms with E-state index in [0.717, 1.165) is 43.9 Å². The van der Waals surface area contributed by atoms with Crippen LogP contribution in [0.4, 0.5) is 0 Å². The van der Waals surface area contributed by atoms with E-state index < -0.39 is 0 Å². The van der Waals surface area contributed by atoms with Crippen molar-refractivity contribution in [3.63, 3.8) is 0 Å². The highest BCUT2D eigenvalue weighted by Gasteiger charge is 2.26. The van der Waals surface area contributed by atoms with Gasteiger partial charge in [0.2, 0.25) is 0 Å². The van der Waals surface area contributed by atoms with Gasteiger partial charge >= 0.3 is 0 Å². The molecule has 0 N–H and O–H groups in total. The quantitative estimate of drug-likeness (QED) is 0.809. The van der Waals surface area contributed by atoms with Gasteiger partial charge in [-0.25, -0.2) is 0 Å². The topological polar surface area (TPSA) is 42.7 Å². The summed E-state index contributed by atoms with van der Waals surface area (Å²) in [6, 6.07) is 3.67. The number of rotatable bonds is 6. The third kappa shape index (κ3) is 4.03. The van der Waals surface area contributed by atoms with Crippen molar-refractivity contribution in [2.24, 2.45) is 0 Å². The van der Waals surface area contributed by atoms with E-state index in [4.69, 9.17) is 9.15 Å². The SMILES string of the molecule is CCCOC1CCCN(C(=O)c2ccc(CSC)o2)C1. The monoisotopic (exact) mass is 297 g/mol. The van der Waals surface area contributed by atoms with Gasteiger partial charge in [-0.1, -0.05) is 6.92 Å². The lowest BCUT2D eigenvalue weighted by atomic mass is 10.1. The molecule has 0 aliphatic carbocycles. The van der Waals surface area contributed by atoms with Gasteiger partial charge in [-0.15, -0.1) is 0 Å². The molecule has 1 unspecified atom stereocenters. The van der Waals surface area contributed by atoms with Crippen LogP contribution in [-0.2, 0) is 10.5 Å². The van der Waals surface area contributed by atoms with E-state index in [1.165, 1.54) is 0 Å². The summed E-state index contributed by atoms with van der Waals surface area (Å²) in [6.45, 7) is 4.34. The maximum Gasteiger partial charge on any atom is 0.289 e. The largest absolute Gasteiger partial charge is 0.455 e. The van der Waals surface area contributed by atoms with Gasteiger partial charge in [-0.2, -0.15) is 11.8 Å². The first-order valence-corrected chi connectivity index (χ1v) is 8.62. The molecule has 0 radical (unpaired) electrons. The fourth-order valence-corrected chi connectivity index (χ4v) is 2.85. The van der Waals surface area contributed by atoms with Crippen molar-refractivity contribution >= 4 is 17.7 Å². The van der Waals surface area contributed by atoms with E-state index in [0.29, 0.717) is 12.3 Å². The lowest BCUT2D eigenvalue weighted by Crippen LogP contribution is -2.43. The average molecular weight is 297 g/mol. The summed E-state index contributed by atoms with van der Waals surface area (Å²) in [7, 11) is 0. The van der Waals surface area contributed by atoms with E-state index in [2.05, 4.69) is 6.92 Å². The molecule has 2 heterocycles. The van der Waals surface area contributed by atoms with Crippen molar-refractivity contribution in [3.05, 3.63) is 23.7 Å². The predicted molar refractivity (Wildman–Crippen MR) is 81.1 cm³/mol. The van der Waals surface area contributed by atoms with Crippen molar-refractivity contribution in [3.8, 4) is 0 Å². The summed E-state index contributed by atoms with van der Waals surface area (Å²) in [6.07, 6.45) is 5.25. The lowest BCUT2D eigenvalue weighted by molar-refractivity contribution is 0.00112. The van der Waals surface area contributed by atoms with Crippen LogP contribution in [-0.4, -0.2) is 42.9 Å².